The summed E-state index contributed by atoms with van der Waals surface area (Å²) in [7, 11) is 1.50. The van der Waals surface area contributed by atoms with Crippen LogP contribution in [-0.4, -0.2) is 35.6 Å². The van der Waals surface area contributed by atoms with E-state index in [9.17, 15) is 23.1 Å². The quantitative estimate of drug-likeness (QED) is 0.844. The molecule has 0 fully saturated rings. The van der Waals surface area contributed by atoms with Crippen molar-refractivity contribution in [2.45, 2.75) is 26.1 Å². The number of phenols is 1. The summed E-state index contributed by atoms with van der Waals surface area (Å²) in [6.45, 7) is 1.15. The van der Waals surface area contributed by atoms with Crippen molar-refractivity contribution < 1.29 is 23.1 Å². The zero-order valence-corrected chi connectivity index (χ0v) is 11.8. The first kappa shape index (κ1) is 16.8. The van der Waals surface area contributed by atoms with E-state index in [1.54, 1.807) is 0 Å². The summed E-state index contributed by atoms with van der Waals surface area (Å²) in [4.78, 5) is 12.7. The Hall–Kier alpha value is -1.27. The van der Waals surface area contributed by atoms with Gasteiger partial charge in [-0.1, -0.05) is 11.6 Å². The van der Waals surface area contributed by atoms with Gasteiger partial charge in [-0.2, -0.15) is 13.2 Å². The molecule has 0 heterocycles. The molecule has 0 aliphatic rings. The van der Waals surface area contributed by atoms with Gasteiger partial charge >= 0.3 is 6.18 Å². The van der Waals surface area contributed by atoms with Crippen LogP contribution in [0.1, 0.15) is 29.3 Å². The van der Waals surface area contributed by atoms with Crippen LogP contribution >= 0.6 is 11.6 Å². The first-order valence-corrected chi connectivity index (χ1v) is 6.25. The highest BCUT2D eigenvalue weighted by Crippen LogP contribution is 2.29. The summed E-state index contributed by atoms with van der Waals surface area (Å²) in [6.07, 6.45) is -5.17. The third kappa shape index (κ3) is 5.02. The summed E-state index contributed by atoms with van der Waals surface area (Å²) >= 11 is 5.84. The first-order valence-electron chi connectivity index (χ1n) is 5.88. The molecule has 0 aliphatic heterocycles. The van der Waals surface area contributed by atoms with Gasteiger partial charge in [-0.15, -0.1) is 0 Å². The molecule has 0 bridgehead atoms. The average Bonchev–Trinajstić information content (AvgIpc) is 2.29. The number of carbonyl (C=O) groups excluding carboxylic acids is 1. The number of ketones is 1. The monoisotopic (exact) mass is 309 g/mol. The number of carbonyl (C=O) groups is 1. The standard InChI is InChI=1S/C13H15ClF3NO2/c1-8(19)11-6-10(14)5-9(12(11)20)7-18(2)4-3-13(15,16)17/h5-6,20H,3-4,7H2,1-2H3. The van der Waals surface area contributed by atoms with Crippen LogP contribution in [0.15, 0.2) is 12.1 Å². The van der Waals surface area contributed by atoms with Crippen molar-refractivity contribution in [3.05, 3.63) is 28.3 Å². The van der Waals surface area contributed by atoms with Crippen LogP contribution in [-0.2, 0) is 6.54 Å². The zero-order chi connectivity index (χ0) is 15.5. The fourth-order valence-corrected chi connectivity index (χ4v) is 1.97. The molecular weight excluding hydrogens is 295 g/mol. The Labute approximate surface area is 120 Å². The van der Waals surface area contributed by atoms with Gasteiger partial charge in [0.2, 0.25) is 0 Å². The number of aromatic hydroxyl groups is 1. The Morgan fingerprint density at radius 2 is 2.00 bits per heavy atom. The number of phenolic OH excluding ortho intramolecular Hbond substituents is 1. The molecule has 0 unspecified atom stereocenters. The summed E-state index contributed by atoms with van der Waals surface area (Å²) in [5.41, 5.74) is 0.393. The largest absolute Gasteiger partial charge is 0.507 e. The minimum Gasteiger partial charge on any atom is -0.507 e. The van der Waals surface area contributed by atoms with E-state index in [1.807, 2.05) is 0 Å². The number of halogens is 4. The smallest absolute Gasteiger partial charge is 0.390 e. The van der Waals surface area contributed by atoms with Crippen molar-refractivity contribution in [3.63, 3.8) is 0 Å². The maximum Gasteiger partial charge on any atom is 0.390 e. The minimum atomic E-state index is -4.23. The third-order valence-corrected chi connectivity index (χ3v) is 2.97. The van der Waals surface area contributed by atoms with E-state index >= 15 is 0 Å². The molecule has 20 heavy (non-hydrogen) atoms. The van der Waals surface area contributed by atoms with Gasteiger partial charge in [0.15, 0.2) is 5.78 Å². The number of alkyl halides is 3. The van der Waals surface area contributed by atoms with Gasteiger partial charge in [-0.3, -0.25) is 4.79 Å². The van der Waals surface area contributed by atoms with Crippen molar-refractivity contribution in [2.24, 2.45) is 0 Å². The predicted molar refractivity (Wildman–Crippen MR) is 70.1 cm³/mol. The molecule has 0 spiro atoms. The normalized spacial score (nSPS) is 11.9. The Morgan fingerprint density at radius 3 is 2.50 bits per heavy atom. The van der Waals surface area contributed by atoms with Gasteiger partial charge in [0.25, 0.3) is 0 Å². The molecule has 0 saturated carbocycles. The van der Waals surface area contributed by atoms with Crippen LogP contribution in [0.25, 0.3) is 0 Å². The minimum absolute atomic E-state index is 0.0664. The average molecular weight is 310 g/mol. The molecule has 112 valence electrons. The zero-order valence-electron chi connectivity index (χ0n) is 11.1. The van der Waals surface area contributed by atoms with E-state index in [1.165, 1.54) is 31.0 Å². The second-order valence-corrected chi connectivity index (χ2v) is 5.06. The number of rotatable bonds is 5. The molecule has 3 nitrogen and oxygen atoms in total. The fraction of sp³-hybridized carbons (Fsp3) is 0.462. The molecule has 1 rings (SSSR count). The molecule has 7 heteroatoms. The van der Waals surface area contributed by atoms with E-state index in [0.29, 0.717) is 5.56 Å². The van der Waals surface area contributed by atoms with Crippen LogP contribution in [0.3, 0.4) is 0 Å². The van der Waals surface area contributed by atoms with Crippen molar-refractivity contribution in [1.82, 2.24) is 4.90 Å². The fourth-order valence-electron chi connectivity index (χ4n) is 1.73. The second kappa shape index (κ2) is 6.45. The lowest BCUT2D eigenvalue weighted by atomic mass is 10.1. The van der Waals surface area contributed by atoms with Gasteiger partial charge in [0, 0.05) is 23.7 Å². The summed E-state index contributed by atoms with van der Waals surface area (Å²) in [5, 5.41) is 10.2. The van der Waals surface area contributed by atoms with Crippen LogP contribution in [0.5, 0.6) is 5.75 Å². The Morgan fingerprint density at radius 1 is 1.40 bits per heavy atom. The number of hydrogen-bond acceptors (Lipinski definition) is 3. The lowest BCUT2D eigenvalue weighted by Crippen LogP contribution is -2.24. The lowest BCUT2D eigenvalue weighted by molar-refractivity contribution is -0.137. The molecule has 0 atom stereocenters. The maximum absolute atomic E-state index is 12.1. The van der Waals surface area contributed by atoms with Crippen LogP contribution in [0.2, 0.25) is 5.02 Å². The predicted octanol–water partition coefficient (Wildman–Crippen LogP) is 3.63. The van der Waals surface area contributed by atoms with E-state index < -0.39 is 12.6 Å². The number of benzene rings is 1. The molecule has 1 aromatic carbocycles. The van der Waals surface area contributed by atoms with E-state index in [0.717, 1.165) is 0 Å². The molecular formula is C13H15ClF3NO2. The molecule has 0 amide bonds. The molecule has 0 aromatic heterocycles. The highest BCUT2D eigenvalue weighted by atomic mass is 35.5. The molecule has 1 N–H and O–H groups in total. The molecule has 0 saturated heterocycles. The van der Waals surface area contributed by atoms with E-state index in [4.69, 9.17) is 11.6 Å². The van der Waals surface area contributed by atoms with Crippen molar-refractivity contribution in [3.8, 4) is 5.75 Å². The van der Waals surface area contributed by atoms with E-state index in [2.05, 4.69) is 0 Å². The second-order valence-electron chi connectivity index (χ2n) is 4.62. The van der Waals surface area contributed by atoms with Crippen molar-refractivity contribution in [2.75, 3.05) is 13.6 Å². The highest BCUT2D eigenvalue weighted by molar-refractivity contribution is 6.31. The first-order chi connectivity index (χ1) is 9.10. The van der Waals surface area contributed by atoms with Gasteiger partial charge in [-0.05, 0) is 26.1 Å². The van der Waals surface area contributed by atoms with Gasteiger partial charge in [0.05, 0.1) is 12.0 Å². The van der Waals surface area contributed by atoms with Crippen LogP contribution < -0.4 is 0 Å². The molecule has 1 aromatic rings. The highest BCUT2D eigenvalue weighted by Gasteiger charge is 2.27. The van der Waals surface area contributed by atoms with Crippen molar-refractivity contribution in [1.29, 1.82) is 0 Å². The third-order valence-electron chi connectivity index (χ3n) is 2.75. The van der Waals surface area contributed by atoms with E-state index in [-0.39, 0.29) is 35.2 Å². The molecule has 0 radical (unpaired) electrons. The van der Waals surface area contributed by atoms with Crippen LogP contribution in [0, 0.1) is 0 Å². The summed E-state index contributed by atoms with van der Waals surface area (Å²) < 4.78 is 36.4. The Kier molecular flexibility index (Phi) is 5.42. The van der Waals surface area contributed by atoms with Crippen LogP contribution in [0.4, 0.5) is 13.2 Å². The number of nitrogens with zero attached hydrogens (tertiary/aromatic N) is 1. The molecule has 0 aliphatic carbocycles. The SMILES string of the molecule is CC(=O)c1cc(Cl)cc(CN(C)CCC(F)(F)F)c1O. The maximum atomic E-state index is 12.1. The van der Waals surface area contributed by atoms with Crippen molar-refractivity contribution >= 4 is 17.4 Å². The Bertz CT molecular complexity index is 503. The lowest BCUT2D eigenvalue weighted by Gasteiger charge is -2.19. The topological polar surface area (TPSA) is 40.5 Å². The van der Waals surface area contributed by atoms with Gasteiger partial charge in [-0.25, -0.2) is 0 Å². The van der Waals surface area contributed by atoms with Gasteiger partial charge in [0.1, 0.15) is 5.75 Å². The summed E-state index contributed by atoms with van der Waals surface area (Å²) in [5.74, 6) is -0.593. The Balaban J connectivity index is 2.84. The summed E-state index contributed by atoms with van der Waals surface area (Å²) in [6, 6.07) is 2.77. The number of hydrogen-bond donors (Lipinski definition) is 1. The number of Topliss-reactive ketones (excluding diaryl/α,β-unsaturated/α-hetero) is 1. The van der Waals surface area contributed by atoms with Gasteiger partial charge < -0.3 is 10.0 Å².